The van der Waals surface area contributed by atoms with Crippen LogP contribution in [0.1, 0.15) is 22.3 Å². The average molecular weight is 450 g/mol. The van der Waals surface area contributed by atoms with E-state index in [2.05, 4.69) is 5.32 Å². The summed E-state index contributed by atoms with van der Waals surface area (Å²) in [5, 5.41) is 5.35. The van der Waals surface area contributed by atoms with E-state index in [1.54, 1.807) is 4.57 Å². The minimum absolute atomic E-state index is 0.110. The largest absolute Gasteiger partial charge is 0.325 e. The number of anilines is 1. The molecule has 1 N–H and O–H groups in total. The second-order valence-electron chi connectivity index (χ2n) is 7.52. The Morgan fingerprint density at radius 2 is 1.87 bits per heavy atom. The highest BCUT2D eigenvalue weighted by Gasteiger charge is 2.16. The van der Waals surface area contributed by atoms with E-state index in [-0.39, 0.29) is 17.2 Å². The van der Waals surface area contributed by atoms with E-state index < -0.39 is 0 Å². The van der Waals surface area contributed by atoms with Crippen LogP contribution in [0, 0.1) is 27.7 Å². The number of hydrogen-bond acceptors (Lipinski definition) is 5. The summed E-state index contributed by atoms with van der Waals surface area (Å²) in [4.78, 5) is 30.6. The van der Waals surface area contributed by atoms with Crippen molar-refractivity contribution in [2.24, 2.45) is 0 Å². The molecule has 1 amide bonds. The molecule has 0 saturated carbocycles. The van der Waals surface area contributed by atoms with E-state index in [9.17, 15) is 9.59 Å². The van der Waals surface area contributed by atoms with Gasteiger partial charge in [-0.15, -0.1) is 11.3 Å². The average Bonchev–Trinajstić information content (AvgIpc) is 3.21. The minimum atomic E-state index is -0.134. The monoisotopic (exact) mass is 449 g/mol. The Labute approximate surface area is 189 Å². The van der Waals surface area contributed by atoms with Crippen LogP contribution in [0.2, 0.25) is 0 Å². The first kappa shape index (κ1) is 21.3. The van der Waals surface area contributed by atoms with Crippen LogP contribution < -0.4 is 10.9 Å². The summed E-state index contributed by atoms with van der Waals surface area (Å²) < 4.78 is 2.23. The van der Waals surface area contributed by atoms with Gasteiger partial charge in [-0.3, -0.25) is 14.2 Å². The van der Waals surface area contributed by atoms with Gasteiger partial charge in [0.1, 0.15) is 4.70 Å². The summed E-state index contributed by atoms with van der Waals surface area (Å²) >= 11 is 2.65. The van der Waals surface area contributed by atoms with Crippen molar-refractivity contribution < 1.29 is 4.79 Å². The summed E-state index contributed by atoms with van der Waals surface area (Å²) in [6.45, 7) is 8.06. The molecule has 5 nitrogen and oxygen atoms in total. The first-order valence-electron chi connectivity index (χ1n) is 9.92. The van der Waals surface area contributed by atoms with Crippen molar-refractivity contribution >= 4 is 44.9 Å². The van der Waals surface area contributed by atoms with E-state index in [0.29, 0.717) is 15.4 Å². The van der Waals surface area contributed by atoms with E-state index in [4.69, 9.17) is 4.98 Å². The van der Waals surface area contributed by atoms with Crippen LogP contribution in [0.3, 0.4) is 0 Å². The first-order chi connectivity index (χ1) is 14.8. The molecule has 0 unspecified atom stereocenters. The van der Waals surface area contributed by atoms with Crippen molar-refractivity contribution in [1.29, 1.82) is 0 Å². The lowest BCUT2D eigenvalue weighted by atomic mass is 10.1. The number of amides is 1. The highest BCUT2D eigenvalue weighted by Crippen LogP contribution is 2.25. The van der Waals surface area contributed by atoms with Gasteiger partial charge < -0.3 is 5.32 Å². The number of aromatic nitrogens is 2. The molecule has 0 fully saturated rings. The van der Waals surface area contributed by atoms with Gasteiger partial charge in [-0.25, -0.2) is 4.98 Å². The molecule has 4 rings (SSSR count). The summed E-state index contributed by atoms with van der Waals surface area (Å²) in [5.41, 5.74) is 6.53. The third-order valence-corrected chi connectivity index (χ3v) is 7.24. The van der Waals surface area contributed by atoms with Crippen molar-refractivity contribution in [3.63, 3.8) is 0 Å². The number of fused-ring (bicyclic) bond motifs is 1. The molecule has 0 spiro atoms. The van der Waals surface area contributed by atoms with Crippen LogP contribution >= 0.6 is 23.1 Å². The maximum absolute atomic E-state index is 13.2. The quantitative estimate of drug-likeness (QED) is 0.327. The first-order valence-corrected chi connectivity index (χ1v) is 11.8. The normalized spacial score (nSPS) is 11.1. The fraction of sp³-hybridized carbons (Fsp3) is 0.208. The molecule has 0 aliphatic rings. The second kappa shape index (κ2) is 8.69. The van der Waals surface area contributed by atoms with Crippen LogP contribution in [0.4, 0.5) is 5.69 Å². The number of rotatable bonds is 5. The number of nitrogens with zero attached hydrogens (tertiary/aromatic N) is 2. The molecule has 2 aromatic carbocycles. The number of carbonyl (C=O) groups is 1. The molecule has 2 heterocycles. The molecule has 0 bridgehead atoms. The molecule has 4 aromatic rings. The predicted octanol–water partition coefficient (Wildman–Crippen LogP) is 5.41. The second-order valence-corrected chi connectivity index (χ2v) is 9.38. The predicted molar refractivity (Wildman–Crippen MR) is 130 cm³/mol. The number of carbonyl (C=O) groups excluding carboxylic acids is 1. The fourth-order valence-electron chi connectivity index (χ4n) is 3.28. The Balaban J connectivity index is 1.66. The van der Waals surface area contributed by atoms with Gasteiger partial charge in [-0.05, 0) is 79.6 Å². The fourth-order valence-corrected chi connectivity index (χ4v) is 4.86. The summed E-state index contributed by atoms with van der Waals surface area (Å²) in [5.74, 6) is 0.0188. The van der Waals surface area contributed by atoms with Crippen LogP contribution in [0.25, 0.3) is 15.9 Å². The SMILES string of the molecule is Cc1ccc(-n2c(SCC(=O)Nc3cccc(C)c3C)nc3ccsc3c2=O)cc1C. The van der Waals surface area contributed by atoms with Crippen LogP contribution in [-0.2, 0) is 4.79 Å². The minimum Gasteiger partial charge on any atom is -0.325 e. The third kappa shape index (κ3) is 4.29. The van der Waals surface area contributed by atoms with Gasteiger partial charge in [0, 0.05) is 5.69 Å². The number of thioether (sulfide) groups is 1. The Hall–Kier alpha value is -2.90. The molecule has 158 valence electrons. The molecular formula is C24H23N3O2S2. The van der Waals surface area contributed by atoms with Gasteiger partial charge in [0.25, 0.3) is 5.56 Å². The molecule has 2 aromatic heterocycles. The summed E-state index contributed by atoms with van der Waals surface area (Å²) in [7, 11) is 0. The lowest BCUT2D eigenvalue weighted by molar-refractivity contribution is -0.113. The van der Waals surface area contributed by atoms with Crippen molar-refractivity contribution in [3.05, 3.63) is 80.5 Å². The van der Waals surface area contributed by atoms with Gasteiger partial charge in [0.2, 0.25) is 5.91 Å². The number of aryl methyl sites for hydroxylation is 3. The number of benzene rings is 2. The van der Waals surface area contributed by atoms with E-state index in [1.165, 1.54) is 23.1 Å². The Bertz CT molecular complexity index is 1350. The van der Waals surface area contributed by atoms with Gasteiger partial charge in [-0.2, -0.15) is 0 Å². The van der Waals surface area contributed by atoms with E-state index >= 15 is 0 Å². The highest BCUT2D eigenvalue weighted by atomic mass is 32.2. The Morgan fingerprint density at radius 3 is 2.65 bits per heavy atom. The molecule has 7 heteroatoms. The molecular weight excluding hydrogens is 426 g/mol. The summed E-state index contributed by atoms with van der Waals surface area (Å²) in [6, 6.07) is 13.6. The zero-order chi connectivity index (χ0) is 22.1. The number of hydrogen-bond donors (Lipinski definition) is 1. The zero-order valence-corrected chi connectivity index (χ0v) is 19.5. The molecule has 0 atom stereocenters. The molecule has 0 saturated heterocycles. The molecule has 0 aliphatic carbocycles. The van der Waals surface area contributed by atoms with Crippen molar-refractivity contribution in [2.45, 2.75) is 32.9 Å². The topological polar surface area (TPSA) is 64.0 Å². The lowest BCUT2D eigenvalue weighted by Crippen LogP contribution is -2.22. The zero-order valence-electron chi connectivity index (χ0n) is 17.9. The van der Waals surface area contributed by atoms with Crippen LogP contribution in [0.5, 0.6) is 0 Å². The van der Waals surface area contributed by atoms with Crippen LogP contribution in [-0.4, -0.2) is 21.2 Å². The van der Waals surface area contributed by atoms with E-state index in [1.807, 2.05) is 75.5 Å². The third-order valence-electron chi connectivity index (χ3n) is 5.41. The van der Waals surface area contributed by atoms with Gasteiger partial charge in [0.05, 0.1) is 17.0 Å². The van der Waals surface area contributed by atoms with Gasteiger partial charge >= 0.3 is 0 Å². The van der Waals surface area contributed by atoms with Gasteiger partial charge in [-0.1, -0.05) is 30.0 Å². The number of nitrogens with one attached hydrogen (secondary N) is 1. The van der Waals surface area contributed by atoms with Crippen molar-refractivity contribution in [1.82, 2.24) is 9.55 Å². The van der Waals surface area contributed by atoms with Gasteiger partial charge in [0.15, 0.2) is 5.16 Å². The smallest absolute Gasteiger partial charge is 0.276 e. The maximum Gasteiger partial charge on any atom is 0.276 e. The Morgan fingerprint density at radius 1 is 1.06 bits per heavy atom. The van der Waals surface area contributed by atoms with Crippen molar-refractivity contribution in [3.8, 4) is 5.69 Å². The standard InChI is InChI=1S/C24H23N3O2S2/c1-14-8-9-18(12-16(14)3)27-23(29)22-20(10-11-30-22)26-24(27)31-13-21(28)25-19-7-5-6-15(2)17(19)4/h5-12H,13H2,1-4H3,(H,25,28). The van der Waals surface area contributed by atoms with E-state index in [0.717, 1.165) is 33.6 Å². The summed E-state index contributed by atoms with van der Waals surface area (Å²) in [6.07, 6.45) is 0. The highest BCUT2D eigenvalue weighted by molar-refractivity contribution is 7.99. The number of thiophene rings is 1. The molecule has 31 heavy (non-hydrogen) atoms. The lowest BCUT2D eigenvalue weighted by Gasteiger charge is -2.14. The molecule has 0 aliphatic heterocycles. The van der Waals surface area contributed by atoms with Crippen molar-refractivity contribution in [2.75, 3.05) is 11.1 Å². The Kier molecular flexibility index (Phi) is 5.98. The van der Waals surface area contributed by atoms with Crippen LogP contribution in [0.15, 0.2) is 57.8 Å². The molecule has 0 radical (unpaired) electrons. The maximum atomic E-state index is 13.2.